The van der Waals surface area contributed by atoms with Gasteiger partial charge in [0.2, 0.25) is 5.13 Å². The standard InChI is InChI=1S/C9H9N5OS3/c1-3-4-16-9-13-12-8(17-9)10-7(15)6-5(2)11-14-18-6/h3H,1,4H2,2H3,(H,10,12,15). The molecular weight excluding hydrogens is 290 g/mol. The van der Waals surface area contributed by atoms with Crippen LogP contribution in [0.25, 0.3) is 0 Å². The maximum absolute atomic E-state index is 11.9. The number of hydrogen-bond acceptors (Lipinski definition) is 8. The highest BCUT2D eigenvalue weighted by Gasteiger charge is 2.15. The number of thioether (sulfide) groups is 1. The van der Waals surface area contributed by atoms with Crippen LogP contribution in [0.5, 0.6) is 0 Å². The van der Waals surface area contributed by atoms with Crippen LogP contribution in [0.4, 0.5) is 5.13 Å². The van der Waals surface area contributed by atoms with E-state index in [2.05, 4.69) is 31.7 Å². The topological polar surface area (TPSA) is 80.7 Å². The zero-order chi connectivity index (χ0) is 13.0. The van der Waals surface area contributed by atoms with Crippen molar-refractivity contribution in [2.24, 2.45) is 0 Å². The molecule has 9 heteroatoms. The van der Waals surface area contributed by atoms with Crippen molar-refractivity contribution < 1.29 is 4.79 Å². The fourth-order valence-corrected chi connectivity index (χ4v) is 3.10. The molecule has 0 aliphatic heterocycles. The predicted molar refractivity (Wildman–Crippen MR) is 73.4 cm³/mol. The van der Waals surface area contributed by atoms with Gasteiger partial charge in [0.05, 0.1) is 5.69 Å². The highest BCUT2D eigenvalue weighted by atomic mass is 32.2. The maximum atomic E-state index is 11.9. The SMILES string of the molecule is C=CCSc1nnc(NC(=O)c2snnc2C)s1. The maximum Gasteiger partial charge on any atom is 0.271 e. The molecule has 0 unspecified atom stereocenters. The van der Waals surface area contributed by atoms with Crippen LogP contribution in [0.15, 0.2) is 17.0 Å². The average molecular weight is 299 g/mol. The fourth-order valence-electron chi connectivity index (χ4n) is 1.04. The number of amides is 1. The minimum absolute atomic E-state index is 0.251. The predicted octanol–water partition coefficient (Wildman–Crippen LogP) is 2.23. The van der Waals surface area contributed by atoms with Crippen LogP contribution in [-0.4, -0.2) is 31.4 Å². The Bertz CT molecular complexity index is 564. The van der Waals surface area contributed by atoms with E-state index in [1.165, 1.54) is 23.1 Å². The van der Waals surface area contributed by atoms with E-state index in [0.29, 0.717) is 15.7 Å². The van der Waals surface area contributed by atoms with Gasteiger partial charge in [0, 0.05) is 5.75 Å². The van der Waals surface area contributed by atoms with Crippen molar-refractivity contribution in [1.82, 2.24) is 19.8 Å². The summed E-state index contributed by atoms with van der Waals surface area (Å²) in [6, 6.07) is 0. The van der Waals surface area contributed by atoms with Crippen molar-refractivity contribution in [3.05, 3.63) is 23.2 Å². The largest absolute Gasteiger partial charge is 0.296 e. The molecule has 18 heavy (non-hydrogen) atoms. The quantitative estimate of drug-likeness (QED) is 0.518. The van der Waals surface area contributed by atoms with Crippen molar-refractivity contribution in [3.8, 4) is 0 Å². The molecular formula is C9H9N5OS3. The minimum Gasteiger partial charge on any atom is -0.296 e. The van der Waals surface area contributed by atoms with Crippen molar-refractivity contribution in [3.63, 3.8) is 0 Å². The lowest BCUT2D eigenvalue weighted by Crippen LogP contribution is -2.11. The number of carbonyl (C=O) groups excluding carboxylic acids is 1. The van der Waals surface area contributed by atoms with Crippen LogP contribution >= 0.6 is 34.6 Å². The first-order valence-corrected chi connectivity index (χ1v) is 7.45. The van der Waals surface area contributed by atoms with E-state index in [4.69, 9.17) is 0 Å². The molecule has 0 spiro atoms. The van der Waals surface area contributed by atoms with Crippen LogP contribution in [-0.2, 0) is 0 Å². The minimum atomic E-state index is -0.251. The smallest absolute Gasteiger partial charge is 0.271 e. The van der Waals surface area contributed by atoms with Crippen LogP contribution < -0.4 is 5.32 Å². The second kappa shape index (κ2) is 6.03. The summed E-state index contributed by atoms with van der Waals surface area (Å²) in [7, 11) is 0. The van der Waals surface area contributed by atoms with E-state index in [1.807, 2.05) is 0 Å². The van der Waals surface area contributed by atoms with Gasteiger partial charge in [0.25, 0.3) is 5.91 Å². The number of aromatic nitrogens is 4. The number of rotatable bonds is 5. The molecule has 0 aliphatic carbocycles. The van der Waals surface area contributed by atoms with Crippen molar-refractivity contribution in [2.75, 3.05) is 11.1 Å². The fraction of sp³-hybridized carbons (Fsp3) is 0.222. The summed E-state index contributed by atoms with van der Waals surface area (Å²) in [4.78, 5) is 12.3. The number of hydrogen-bond donors (Lipinski definition) is 1. The van der Waals surface area contributed by atoms with Crippen LogP contribution in [0, 0.1) is 6.92 Å². The Morgan fingerprint density at radius 2 is 2.33 bits per heavy atom. The molecule has 1 N–H and O–H groups in total. The van der Waals surface area contributed by atoms with Gasteiger partial charge in [-0.15, -0.1) is 21.9 Å². The molecule has 0 aliphatic rings. The summed E-state index contributed by atoms with van der Waals surface area (Å²) in [5.74, 6) is 0.513. The first kappa shape index (κ1) is 13.1. The van der Waals surface area contributed by atoms with Crippen molar-refractivity contribution in [2.45, 2.75) is 11.3 Å². The molecule has 0 fully saturated rings. The lowest BCUT2D eigenvalue weighted by molar-refractivity contribution is 0.102. The number of carbonyl (C=O) groups is 1. The van der Waals surface area contributed by atoms with E-state index < -0.39 is 0 Å². The Kier molecular flexibility index (Phi) is 4.39. The molecule has 0 radical (unpaired) electrons. The number of nitrogens with one attached hydrogen (secondary N) is 1. The van der Waals surface area contributed by atoms with Crippen LogP contribution in [0.3, 0.4) is 0 Å². The summed E-state index contributed by atoms with van der Waals surface area (Å²) in [5, 5.41) is 14.8. The van der Waals surface area contributed by atoms with Crippen LogP contribution in [0.2, 0.25) is 0 Å². The molecule has 0 aromatic carbocycles. The summed E-state index contributed by atoms with van der Waals surface area (Å²) < 4.78 is 4.51. The van der Waals surface area contributed by atoms with E-state index in [0.717, 1.165) is 21.6 Å². The first-order valence-electron chi connectivity index (χ1n) is 4.88. The first-order chi connectivity index (χ1) is 8.70. The Morgan fingerprint density at radius 1 is 1.50 bits per heavy atom. The molecule has 1 amide bonds. The van der Waals surface area contributed by atoms with Gasteiger partial charge in [-0.1, -0.05) is 33.7 Å². The van der Waals surface area contributed by atoms with Crippen LogP contribution in [0.1, 0.15) is 15.4 Å². The monoisotopic (exact) mass is 299 g/mol. The van der Waals surface area contributed by atoms with Crippen molar-refractivity contribution >= 4 is 45.7 Å². The Balaban J connectivity index is 2.01. The molecule has 94 valence electrons. The summed E-state index contributed by atoms with van der Waals surface area (Å²) in [5.41, 5.74) is 0.614. The van der Waals surface area contributed by atoms with Gasteiger partial charge in [-0.3, -0.25) is 10.1 Å². The molecule has 0 saturated heterocycles. The van der Waals surface area contributed by atoms with E-state index >= 15 is 0 Å². The molecule has 2 aromatic heterocycles. The van der Waals surface area contributed by atoms with Gasteiger partial charge >= 0.3 is 0 Å². The zero-order valence-electron chi connectivity index (χ0n) is 9.41. The van der Waals surface area contributed by atoms with E-state index in [1.54, 1.807) is 13.0 Å². The molecule has 2 heterocycles. The lowest BCUT2D eigenvalue weighted by atomic mass is 10.4. The summed E-state index contributed by atoms with van der Waals surface area (Å²) in [6.45, 7) is 5.37. The highest BCUT2D eigenvalue weighted by Crippen LogP contribution is 2.25. The normalized spacial score (nSPS) is 10.3. The van der Waals surface area contributed by atoms with Gasteiger partial charge in [0.1, 0.15) is 4.88 Å². The van der Waals surface area contributed by atoms with E-state index in [-0.39, 0.29) is 5.91 Å². The number of nitrogens with zero attached hydrogens (tertiary/aromatic N) is 4. The molecule has 2 rings (SSSR count). The molecule has 0 saturated carbocycles. The molecule has 6 nitrogen and oxygen atoms in total. The Labute approximate surface area is 116 Å². The molecule has 0 bridgehead atoms. The third kappa shape index (κ3) is 3.12. The third-order valence-electron chi connectivity index (χ3n) is 1.81. The summed E-state index contributed by atoms with van der Waals surface area (Å²) in [6.07, 6.45) is 1.79. The number of aryl methyl sites for hydroxylation is 1. The van der Waals surface area contributed by atoms with Gasteiger partial charge in [-0.2, -0.15) is 0 Å². The zero-order valence-corrected chi connectivity index (χ0v) is 11.9. The van der Waals surface area contributed by atoms with Gasteiger partial charge in [-0.25, -0.2) is 0 Å². The van der Waals surface area contributed by atoms with Crippen molar-refractivity contribution in [1.29, 1.82) is 0 Å². The molecule has 0 atom stereocenters. The van der Waals surface area contributed by atoms with Gasteiger partial charge in [-0.05, 0) is 18.5 Å². The Morgan fingerprint density at radius 3 is 3.00 bits per heavy atom. The number of anilines is 1. The van der Waals surface area contributed by atoms with Gasteiger partial charge in [0.15, 0.2) is 4.34 Å². The molecule has 2 aromatic rings. The second-order valence-electron chi connectivity index (χ2n) is 3.11. The van der Waals surface area contributed by atoms with Gasteiger partial charge < -0.3 is 0 Å². The van der Waals surface area contributed by atoms with E-state index in [9.17, 15) is 4.79 Å². The average Bonchev–Trinajstić information content (AvgIpc) is 2.95. The third-order valence-corrected chi connectivity index (χ3v) is 4.60. The second-order valence-corrected chi connectivity index (χ2v) is 6.11. The lowest BCUT2D eigenvalue weighted by Gasteiger charge is -1.96. The highest BCUT2D eigenvalue weighted by molar-refractivity contribution is 8.01. The summed E-state index contributed by atoms with van der Waals surface area (Å²) >= 11 is 3.91. The Hall–Kier alpha value is -1.32.